The molecule has 7 rings (SSSR count). The van der Waals surface area contributed by atoms with Crippen LogP contribution in [0, 0.1) is 0 Å². The summed E-state index contributed by atoms with van der Waals surface area (Å²) >= 11 is 0. The van der Waals surface area contributed by atoms with Crippen molar-refractivity contribution >= 4 is 59.9 Å². The molecule has 0 atom stereocenters. The summed E-state index contributed by atoms with van der Waals surface area (Å²) in [5, 5.41) is 7.75. The number of nitrogens with one attached hydrogen (secondary N) is 1. The molecule has 0 bridgehead atoms. The Morgan fingerprint density at radius 1 is 0.536 bits per heavy atom. The summed E-state index contributed by atoms with van der Waals surface area (Å²) in [5.41, 5.74) is 6.17. The average molecular weight is 356 g/mol. The van der Waals surface area contributed by atoms with Crippen molar-refractivity contribution in [3.8, 4) is 0 Å². The van der Waals surface area contributed by atoms with Gasteiger partial charge in [-0.25, -0.2) is 0 Å². The quantitative estimate of drug-likeness (QED) is 0.281. The molecule has 0 aliphatic heterocycles. The van der Waals surface area contributed by atoms with Crippen LogP contribution in [0.25, 0.3) is 59.9 Å². The van der Waals surface area contributed by atoms with Crippen LogP contribution in [-0.2, 0) is 0 Å². The number of pyridine rings is 1. The van der Waals surface area contributed by atoms with Crippen molar-refractivity contribution in [1.29, 1.82) is 0 Å². The van der Waals surface area contributed by atoms with Gasteiger partial charge in [0.1, 0.15) is 0 Å². The second-order valence-electron chi connectivity index (χ2n) is 7.52. The van der Waals surface area contributed by atoms with Gasteiger partial charge < -0.3 is 9.38 Å². The highest BCUT2D eigenvalue weighted by molar-refractivity contribution is 6.23. The van der Waals surface area contributed by atoms with Gasteiger partial charge in [-0.2, -0.15) is 0 Å². The van der Waals surface area contributed by atoms with E-state index < -0.39 is 0 Å². The molecule has 130 valence electrons. The first-order valence-electron chi connectivity index (χ1n) is 9.64. The van der Waals surface area contributed by atoms with E-state index in [1.54, 1.807) is 0 Å². The molecule has 0 fully saturated rings. The third-order valence-electron chi connectivity index (χ3n) is 6.07. The molecule has 1 N–H and O–H groups in total. The molecule has 0 unspecified atom stereocenters. The summed E-state index contributed by atoms with van der Waals surface area (Å²) < 4.78 is 2.45. The van der Waals surface area contributed by atoms with Crippen molar-refractivity contribution in [1.82, 2.24) is 9.38 Å². The lowest BCUT2D eigenvalue weighted by Gasteiger charge is -2.10. The van der Waals surface area contributed by atoms with Crippen LogP contribution in [0.1, 0.15) is 0 Å². The van der Waals surface area contributed by atoms with E-state index in [9.17, 15) is 0 Å². The van der Waals surface area contributed by atoms with Gasteiger partial charge in [0.2, 0.25) is 0 Å². The number of hydrogen-bond acceptors (Lipinski definition) is 0. The maximum Gasteiger partial charge on any atom is 0.0635 e. The molecule has 0 saturated carbocycles. The lowest BCUT2D eigenvalue weighted by molar-refractivity contribution is 1.36. The fourth-order valence-corrected chi connectivity index (χ4v) is 4.92. The Morgan fingerprint density at radius 3 is 2.07 bits per heavy atom. The van der Waals surface area contributed by atoms with E-state index in [0.717, 1.165) is 0 Å². The second-order valence-corrected chi connectivity index (χ2v) is 7.52. The third-order valence-corrected chi connectivity index (χ3v) is 6.07. The molecule has 0 aliphatic carbocycles. The summed E-state index contributed by atoms with van der Waals surface area (Å²) in [6.07, 6.45) is 0. The molecule has 7 aromatic rings. The van der Waals surface area contributed by atoms with Crippen molar-refractivity contribution in [3.05, 3.63) is 91.0 Å². The minimum absolute atomic E-state index is 1.19. The maximum atomic E-state index is 3.60. The molecule has 0 amide bonds. The Labute approximate surface area is 160 Å². The number of aromatic nitrogens is 2. The molecule has 0 aliphatic rings. The number of rotatable bonds is 0. The van der Waals surface area contributed by atoms with Gasteiger partial charge in [0.25, 0.3) is 0 Å². The van der Waals surface area contributed by atoms with Crippen LogP contribution >= 0.6 is 0 Å². The van der Waals surface area contributed by atoms with Gasteiger partial charge in [-0.1, -0.05) is 66.7 Å². The van der Waals surface area contributed by atoms with Gasteiger partial charge in [-0.05, 0) is 29.7 Å². The third kappa shape index (κ3) is 1.64. The van der Waals surface area contributed by atoms with E-state index in [2.05, 4.69) is 100 Å². The highest BCUT2D eigenvalue weighted by Gasteiger charge is 2.16. The topological polar surface area (TPSA) is 20.2 Å². The highest BCUT2D eigenvalue weighted by Crippen LogP contribution is 2.38. The van der Waals surface area contributed by atoms with E-state index in [0.29, 0.717) is 0 Å². The van der Waals surface area contributed by atoms with Gasteiger partial charge >= 0.3 is 0 Å². The Balaban J connectivity index is 1.90. The largest absolute Gasteiger partial charge is 0.354 e. The Morgan fingerprint density at radius 2 is 1.21 bits per heavy atom. The molecule has 0 saturated heterocycles. The van der Waals surface area contributed by atoms with Gasteiger partial charge in [-0.15, -0.1) is 0 Å². The van der Waals surface area contributed by atoms with Crippen molar-refractivity contribution in [2.24, 2.45) is 0 Å². The van der Waals surface area contributed by atoms with Crippen molar-refractivity contribution < 1.29 is 0 Å². The van der Waals surface area contributed by atoms with Gasteiger partial charge in [0.05, 0.1) is 16.6 Å². The molecule has 3 heterocycles. The zero-order valence-electron chi connectivity index (χ0n) is 15.1. The predicted molar refractivity (Wildman–Crippen MR) is 119 cm³/mol. The number of aromatic amines is 1. The fourth-order valence-electron chi connectivity index (χ4n) is 4.92. The number of fused-ring (bicyclic) bond motifs is 12. The van der Waals surface area contributed by atoms with E-state index in [4.69, 9.17) is 0 Å². The summed E-state index contributed by atoms with van der Waals surface area (Å²) in [7, 11) is 0. The molecule has 0 radical (unpaired) electrons. The van der Waals surface area contributed by atoms with Crippen LogP contribution in [0.15, 0.2) is 91.0 Å². The van der Waals surface area contributed by atoms with Crippen molar-refractivity contribution in [2.45, 2.75) is 0 Å². The summed E-state index contributed by atoms with van der Waals surface area (Å²) in [6, 6.07) is 32.9. The summed E-state index contributed by atoms with van der Waals surface area (Å²) in [5.74, 6) is 0. The Bertz CT molecular complexity index is 1710. The van der Waals surface area contributed by atoms with Gasteiger partial charge in [-0.3, -0.25) is 0 Å². The van der Waals surface area contributed by atoms with Crippen LogP contribution < -0.4 is 0 Å². The Kier molecular flexibility index (Phi) is 2.52. The SMILES string of the molecule is c1ccc2c(c1)[nH]c1ccc3cc4c5ccccc5c5ccccc5n4c3c12. The summed E-state index contributed by atoms with van der Waals surface area (Å²) in [4.78, 5) is 3.60. The second kappa shape index (κ2) is 4.93. The van der Waals surface area contributed by atoms with Crippen LogP contribution in [-0.4, -0.2) is 9.38 Å². The Hall–Kier alpha value is -3.78. The minimum Gasteiger partial charge on any atom is -0.354 e. The first-order chi connectivity index (χ1) is 13.9. The van der Waals surface area contributed by atoms with E-state index >= 15 is 0 Å². The van der Waals surface area contributed by atoms with Gasteiger partial charge in [0.15, 0.2) is 0 Å². The number of H-pyrrole nitrogens is 1. The first-order valence-corrected chi connectivity index (χ1v) is 9.64. The molecule has 2 nitrogen and oxygen atoms in total. The van der Waals surface area contributed by atoms with Crippen molar-refractivity contribution in [3.63, 3.8) is 0 Å². The number of hydrogen-bond donors (Lipinski definition) is 1. The van der Waals surface area contributed by atoms with E-state index in [1.165, 1.54) is 59.9 Å². The van der Waals surface area contributed by atoms with Crippen molar-refractivity contribution in [2.75, 3.05) is 0 Å². The van der Waals surface area contributed by atoms with Crippen LogP contribution in [0.2, 0.25) is 0 Å². The number of para-hydroxylation sites is 2. The highest BCUT2D eigenvalue weighted by atomic mass is 14.9. The molecule has 4 aromatic carbocycles. The monoisotopic (exact) mass is 356 g/mol. The number of benzene rings is 4. The van der Waals surface area contributed by atoms with Crippen LogP contribution in [0.4, 0.5) is 0 Å². The molecule has 28 heavy (non-hydrogen) atoms. The normalized spacial score (nSPS) is 12.3. The molecular formula is C26H16N2. The van der Waals surface area contributed by atoms with Gasteiger partial charge in [0, 0.05) is 38.0 Å². The molecule has 2 heteroatoms. The standard InChI is InChI=1S/C26H16N2/c1-2-9-19-17(7-1)18-8-4-6-12-23(18)28-24(19)15-16-13-14-22-25(26(16)28)20-10-3-5-11-21(20)27-22/h1-15,27H. The lowest BCUT2D eigenvalue weighted by Crippen LogP contribution is -1.90. The van der Waals surface area contributed by atoms with Crippen LogP contribution in [0.5, 0.6) is 0 Å². The summed E-state index contributed by atoms with van der Waals surface area (Å²) in [6.45, 7) is 0. The van der Waals surface area contributed by atoms with Crippen LogP contribution in [0.3, 0.4) is 0 Å². The first kappa shape index (κ1) is 14.3. The molecule has 0 spiro atoms. The minimum atomic E-state index is 1.19. The van der Waals surface area contributed by atoms with E-state index in [-0.39, 0.29) is 0 Å². The smallest absolute Gasteiger partial charge is 0.0635 e. The maximum absolute atomic E-state index is 3.60. The predicted octanol–water partition coefficient (Wildman–Crippen LogP) is 7.03. The zero-order valence-corrected chi connectivity index (χ0v) is 15.1. The lowest BCUT2D eigenvalue weighted by atomic mass is 10.1. The fraction of sp³-hybridized carbons (Fsp3) is 0. The van der Waals surface area contributed by atoms with E-state index in [1.807, 2.05) is 0 Å². The molecule has 3 aromatic heterocycles. The molecular weight excluding hydrogens is 340 g/mol. The number of nitrogens with zero attached hydrogens (tertiary/aromatic N) is 1. The average Bonchev–Trinajstić information content (AvgIpc) is 3.32. The zero-order chi connectivity index (χ0) is 18.2.